The van der Waals surface area contributed by atoms with E-state index in [1.165, 1.54) is 13.0 Å². The molecule has 1 N–H and O–H groups in total. The SMILES string of the molecule is C/C(C(=O)O)=C(/C)c1ccc(C)c(F)c1. The largest absolute Gasteiger partial charge is 0.478 e. The van der Waals surface area contributed by atoms with Crippen molar-refractivity contribution in [3.8, 4) is 0 Å². The van der Waals surface area contributed by atoms with Crippen molar-refractivity contribution in [3.63, 3.8) is 0 Å². The zero-order chi connectivity index (χ0) is 11.6. The summed E-state index contributed by atoms with van der Waals surface area (Å²) in [4.78, 5) is 10.7. The molecule has 1 aromatic rings. The van der Waals surface area contributed by atoms with Gasteiger partial charge in [0.25, 0.3) is 0 Å². The third-order valence-electron chi connectivity index (χ3n) is 2.49. The smallest absolute Gasteiger partial charge is 0.331 e. The van der Waals surface area contributed by atoms with Crippen LogP contribution in [0.5, 0.6) is 0 Å². The van der Waals surface area contributed by atoms with Gasteiger partial charge in [0, 0.05) is 5.57 Å². The van der Waals surface area contributed by atoms with Gasteiger partial charge in [-0.25, -0.2) is 9.18 Å². The molecule has 0 spiro atoms. The standard InChI is InChI=1S/C12H13FO2/c1-7-4-5-10(6-11(7)13)8(2)9(3)12(14)15/h4-6H,1-3H3,(H,14,15)/b9-8+. The predicted octanol–water partition coefficient (Wildman–Crippen LogP) is 3.01. The number of allylic oxidation sites excluding steroid dienone is 1. The van der Waals surface area contributed by atoms with Gasteiger partial charge in [-0.05, 0) is 43.5 Å². The third-order valence-corrected chi connectivity index (χ3v) is 2.49. The summed E-state index contributed by atoms with van der Waals surface area (Å²) in [5.41, 5.74) is 1.98. The second-order valence-electron chi connectivity index (χ2n) is 3.52. The molecule has 15 heavy (non-hydrogen) atoms. The Morgan fingerprint density at radius 3 is 2.40 bits per heavy atom. The molecule has 0 heterocycles. The zero-order valence-corrected chi connectivity index (χ0v) is 8.97. The summed E-state index contributed by atoms with van der Waals surface area (Å²) in [6, 6.07) is 4.72. The highest BCUT2D eigenvalue weighted by molar-refractivity contribution is 5.95. The highest BCUT2D eigenvalue weighted by Crippen LogP contribution is 2.20. The number of hydrogen-bond donors (Lipinski definition) is 1. The lowest BCUT2D eigenvalue weighted by Gasteiger charge is -2.05. The molecule has 0 saturated heterocycles. The van der Waals surface area contributed by atoms with E-state index in [0.717, 1.165) is 0 Å². The molecule has 0 amide bonds. The van der Waals surface area contributed by atoms with Crippen molar-refractivity contribution in [3.05, 3.63) is 40.7 Å². The first kappa shape index (κ1) is 11.4. The minimum absolute atomic E-state index is 0.234. The lowest BCUT2D eigenvalue weighted by Crippen LogP contribution is -1.99. The monoisotopic (exact) mass is 208 g/mol. The van der Waals surface area contributed by atoms with E-state index in [9.17, 15) is 9.18 Å². The first-order chi connectivity index (χ1) is 6.93. The normalized spacial score (nSPS) is 12.3. The van der Waals surface area contributed by atoms with Crippen LogP contribution in [0.25, 0.3) is 5.57 Å². The molecule has 1 aromatic carbocycles. The molecule has 1 rings (SSSR count). The number of hydrogen-bond acceptors (Lipinski definition) is 1. The fourth-order valence-corrected chi connectivity index (χ4v) is 1.20. The second kappa shape index (κ2) is 4.26. The first-order valence-corrected chi connectivity index (χ1v) is 4.60. The lowest BCUT2D eigenvalue weighted by molar-refractivity contribution is -0.132. The van der Waals surface area contributed by atoms with Crippen LogP contribution < -0.4 is 0 Å². The molecule has 0 bridgehead atoms. The average Bonchev–Trinajstić information content (AvgIpc) is 2.19. The van der Waals surface area contributed by atoms with E-state index in [4.69, 9.17) is 5.11 Å². The Kier molecular flexibility index (Phi) is 3.24. The van der Waals surface area contributed by atoms with Crippen LogP contribution in [0.3, 0.4) is 0 Å². The predicted molar refractivity (Wildman–Crippen MR) is 57.0 cm³/mol. The molecule has 0 aliphatic rings. The molecule has 0 aliphatic heterocycles. The first-order valence-electron chi connectivity index (χ1n) is 4.60. The molecule has 3 heteroatoms. The Bertz CT molecular complexity index is 433. The molecule has 0 atom stereocenters. The van der Waals surface area contributed by atoms with Crippen LogP contribution in [0.2, 0.25) is 0 Å². The highest BCUT2D eigenvalue weighted by atomic mass is 19.1. The Balaban J connectivity index is 3.23. The topological polar surface area (TPSA) is 37.3 Å². The maximum atomic E-state index is 13.2. The maximum Gasteiger partial charge on any atom is 0.331 e. The molecule has 2 nitrogen and oxygen atoms in total. The van der Waals surface area contributed by atoms with Gasteiger partial charge in [-0.15, -0.1) is 0 Å². The molecule has 0 aromatic heterocycles. The minimum atomic E-state index is -0.978. The van der Waals surface area contributed by atoms with Crippen LogP contribution in [0.4, 0.5) is 4.39 Å². The molecular formula is C12H13FO2. The van der Waals surface area contributed by atoms with Gasteiger partial charge in [0.2, 0.25) is 0 Å². The van der Waals surface area contributed by atoms with E-state index >= 15 is 0 Å². The molecule has 0 fully saturated rings. The Morgan fingerprint density at radius 2 is 1.93 bits per heavy atom. The molecule has 0 unspecified atom stereocenters. The van der Waals surface area contributed by atoms with Crippen molar-refractivity contribution in [1.82, 2.24) is 0 Å². The summed E-state index contributed by atoms with van der Waals surface area (Å²) in [5.74, 6) is -1.29. The fraction of sp³-hybridized carbons (Fsp3) is 0.250. The van der Waals surface area contributed by atoms with Crippen molar-refractivity contribution in [2.75, 3.05) is 0 Å². The number of aryl methyl sites for hydroxylation is 1. The molecule has 0 radical (unpaired) electrons. The van der Waals surface area contributed by atoms with Gasteiger partial charge in [-0.1, -0.05) is 12.1 Å². The second-order valence-corrected chi connectivity index (χ2v) is 3.52. The Hall–Kier alpha value is -1.64. The fourth-order valence-electron chi connectivity index (χ4n) is 1.20. The van der Waals surface area contributed by atoms with Gasteiger partial charge >= 0.3 is 5.97 Å². The quantitative estimate of drug-likeness (QED) is 0.758. The van der Waals surface area contributed by atoms with E-state index in [1.54, 1.807) is 26.0 Å². The van der Waals surface area contributed by atoms with Crippen LogP contribution in [0, 0.1) is 12.7 Å². The van der Waals surface area contributed by atoms with Crippen LogP contribution in [0.15, 0.2) is 23.8 Å². The number of rotatable bonds is 2. The number of halogens is 1. The third kappa shape index (κ3) is 2.43. The van der Waals surface area contributed by atoms with Crippen molar-refractivity contribution in [2.45, 2.75) is 20.8 Å². The summed E-state index contributed by atoms with van der Waals surface area (Å²) in [7, 11) is 0. The van der Waals surface area contributed by atoms with E-state index < -0.39 is 5.97 Å². The summed E-state index contributed by atoms with van der Waals surface area (Å²) < 4.78 is 13.2. The maximum absolute atomic E-state index is 13.2. The number of carboxylic acids is 1. The van der Waals surface area contributed by atoms with E-state index in [2.05, 4.69) is 0 Å². The number of carbonyl (C=O) groups is 1. The number of benzene rings is 1. The lowest BCUT2D eigenvalue weighted by atomic mass is 10.0. The summed E-state index contributed by atoms with van der Waals surface area (Å²) in [6.45, 7) is 4.85. The molecule has 80 valence electrons. The number of carboxylic acid groups (broad SMARTS) is 1. The molecule has 0 aliphatic carbocycles. The van der Waals surface area contributed by atoms with E-state index in [0.29, 0.717) is 16.7 Å². The average molecular weight is 208 g/mol. The minimum Gasteiger partial charge on any atom is -0.478 e. The van der Waals surface area contributed by atoms with Crippen LogP contribution in [-0.4, -0.2) is 11.1 Å². The van der Waals surface area contributed by atoms with Crippen LogP contribution in [-0.2, 0) is 4.79 Å². The van der Waals surface area contributed by atoms with Gasteiger partial charge in [0.1, 0.15) is 5.82 Å². The van der Waals surface area contributed by atoms with Crippen molar-refractivity contribution >= 4 is 11.5 Å². The van der Waals surface area contributed by atoms with Gasteiger partial charge < -0.3 is 5.11 Å². The van der Waals surface area contributed by atoms with Gasteiger partial charge in [0.05, 0.1) is 0 Å². The molecular weight excluding hydrogens is 195 g/mol. The van der Waals surface area contributed by atoms with Crippen LogP contribution in [0.1, 0.15) is 25.0 Å². The van der Waals surface area contributed by atoms with E-state index in [-0.39, 0.29) is 11.4 Å². The van der Waals surface area contributed by atoms with E-state index in [1.807, 2.05) is 0 Å². The van der Waals surface area contributed by atoms with Gasteiger partial charge in [0.15, 0.2) is 0 Å². The van der Waals surface area contributed by atoms with Crippen molar-refractivity contribution in [1.29, 1.82) is 0 Å². The Morgan fingerprint density at radius 1 is 1.33 bits per heavy atom. The summed E-state index contributed by atoms with van der Waals surface area (Å²) >= 11 is 0. The van der Waals surface area contributed by atoms with Gasteiger partial charge in [-0.2, -0.15) is 0 Å². The highest BCUT2D eigenvalue weighted by Gasteiger charge is 2.08. The Labute approximate surface area is 88.1 Å². The molecule has 0 saturated carbocycles. The number of aliphatic carboxylic acids is 1. The van der Waals surface area contributed by atoms with Gasteiger partial charge in [-0.3, -0.25) is 0 Å². The zero-order valence-electron chi connectivity index (χ0n) is 8.97. The summed E-state index contributed by atoms with van der Waals surface area (Å²) in [6.07, 6.45) is 0. The van der Waals surface area contributed by atoms with Crippen molar-refractivity contribution in [2.24, 2.45) is 0 Å². The van der Waals surface area contributed by atoms with Crippen molar-refractivity contribution < 1.29 is 14.3 Å². The van der Waals surface area contributed by atoms with Crippen LogP contribution >= 0.6 is 0 Å². The summed E-state index contributed by atoms with van der Waals surface area (Å²) in [5, 5.41) is 8.79.